The Balaban J connectivity index is 2.66. The summed E-state index contributed by atoms with van der Waals surface area (Å²) >= 11 is 0. The smallest absolute Gasteiger partial charge is 0.245 e. The maximum absolute atomic E-state index is 13.2. The van der Waals surface area contributed by atoms with Crippen molar-refractivity contribution in [1.82, 2.24) is 16.0 Å². The highest BCUT2D eigenvalue weighted by Crippen LogP contribution is 2.14. The van der Waals surface area contributed by atoms with Crippen LogP contribution in [-0.4, -0.2) is 58.6 Å². The number of carbonyl (C=O) groups excluding carboxylic acids is 4. The van der Waals surface area contributed by atoms with Gasteiger partial charge in [-0.15, -0.1) is 0 Å². The van der Waals surface area contributed by atoms with Gasteiger partial charge in [-0.2, -0.15) is 0 Å². The predicted octanol–water partition coefficient (Wildman–Crippen LogP) is 3.22. The molecule has 0 saturated carbocycles. The van der Waals surface area contributed by atoms with Gasteiger partial charge in [-0.25, -0.2) is 0 Å². The van der Waals surface area contributed by atoms with Gasteiger partial charge in [0.05, 0.1) is 6.61 Å². The molecule has 0 aromatic heterocycles. The number of unbranched alkanes of at least 4 members (excludes halogenated alkanes) is 10. The van der Waals surface area contributed by atoms with Crippen molar-refractivity contribution in [3.05, 3.63) is 29.8 Å². The van der Waals surface area contributed by atoms with Gasteiger partial charge in [0.25, 0.3) is 0 Å². The fourth-order valence-electron chi connectivity index (χ4n) is 4.58. The third-order valence-corrected chi connectivity index (χ3v) is 7.12. The normalized spacial score (nSPS) is 13.3. The van der Waals surface area contributed by atoms with Crippen molar-refractivity contribution in [2.24, 2.45) is 11.7 Å². The molecule has 0 aliphatic heterocycles. The number of hydrogen-bond acceptors (Lipinski definition) is 6. The van der Waals surface area contributed by atoms with E-state index in [0.717, 1.165) is 19.3 Å². The van der Waals surface area contributed by atoms with Crippen LogP contribution in [0.4, 0.5) is 0 Å². The van der Waals surface area contributed by atoms with Crippen LogP contribution < -0.4 is 21.7 Å². The Hall–Kier alpha value is -3.14. The summed E-state index contributed by atoms with van der Waals surface area (Å²) in [4.78, 5) is 50.3. The second-order valence-corrected chi connectivity index (χ2v) is 11.2. The zero-order valence-electron chi connectivity index (χ0n) is 25.1. The molecule has 0 aliphatic carbocycles. The number of carbonyl (C=O) groups is 4. The maximum atomic E-state index is 13.2. The van der Waals surface area contributed by atoms with E-state index in [0.29, 0.717) is 12.0 Å². The Morgan fingerprint density at radius 2 is 1.27 bits per heavy atom. The average molecular weight is 577 g/mol. The topological polar surface area (TPSA) is 171 Å². The maximum Gasteiger partial charge on any atom is 0.245 e. The van der Waals surface area contributed by atoms with Crippen LogP contribution >= 0.6 is 0 Å². The lowest BCUT2D eigenvalue weighted by Crippen LogP contribution is -2.58. The van der Waals surface area contributed by atoms with Crippen molar-refractivity contribution in [3.63, 3.8) is 0 Å². The molecule has 0 fully saturated rings. The number of nitrogens with two attached hydrogens (primary N) is 1. The molecule has 1 aromatic carbocycles. The Morgan fingerprint density at radius 3 is 1.76 bits per heavy atom. The summed E-state index contributed by atoms with van der Waals surface area (Å²) in [6, 6.07) is 2.93. The average Bonchev–Trinajstić information content (AvgIpc) is 2.93. The van der Waals surface area contributed by atoms with E-state index < -0.39 is 42.5 Å². The molecular weight excluding hydrogens is 524 g/mol. The highest BCUT2D eigenvalue weighted by atomic mass is 16.3. The number of aromatic hydroxyl groups is 1. The first kappa shape index (κ1) is 35.9. The molecule has 1 aromatic rings. The monoisotopic (exact) mass is 576 g/mol. The number of aliphatic hydroxyl groups excluding tert-OH is 1. The lowest BCUT2D eigenvalue weighted by Gasteiger charge is -2.25. The second-order valence-electron chi connectivity index (χ2n) is 11.2. The largest absolute Gasteiger partial charge is 0.508 e. The minimum Gasteiger partial charge on any atom is -0.508 e. The van der Waals surface area contributed by atoms with Gasteiger partial charge in [0.2, 0.25) is 23.6 Å². The molecule has 41 heavy (non-hydrogen) atoms. The molecule has 0 unspecified atom stereocenters. The molecular formula is C31H52N4O6. The molecule has 1 rings (SSSR count). The van der Waals surface area contributed by atoms with Crippen LogP contribution in [0.3, 0.4) is 0 Å². The number of aliphatic hydroxyl groups is 1. The molecule has 0 radical (unpaired) electrons. The minimum atomic E-state index is -1.34. The first-order chi connectivity index (χ1) is 19.6. The van der Waals surface area contributed by atoms with Crippen LogP contribution in [-0.2, 0) is 25.6 Å². The Labute approximate surface area is 245 Å². The number of primary amides is 1. The van der Waals surface area contributed by atoms with E-state index in [4.69, 9.17) is 5.73 Å². The first-order valence-electron chi connectivity index (χ1n) is 15.2. The SMILES string of the molecule is CCCCCCCCCCCCCC(=O)N[C@@H](Cc1ccc(O)cc1)C(=O)N[C@@H](CO)C(=O)N[C@H](C(N)=O)C(C)C. The molecule has 0 aliphatic rings. The van der Waals surface area contributed by atoms with Crippen LogP contribution in [0, 0.1) is 5.92 Å². The van der Waals surface area contributed by atoms with E-state index in [1.54, 1.807) is 26.0 Å². The van der Waals surface area contributed by atoms with Crippen LogP contribution in [0.1, 0.15) is 103 Å². The number of rotatable bonds is 22. The third-order valence-electron chi connectivity index (χ3n) is 7.12. The molecule has 4 amide bonds. The number of nitrogens with one attached hydrogen (secondary N) is 3. The van der Waals surface area contributed by atoms with Crippen molar-refractivity contribution in [3.8, 4) is 5.75 Å². The van der Waals surface area contributed by atoms with E-state index in [1.165, 1.54) is 57.1 Å². The van der Waals surface area contributed by atoms with Crippen LogP contribution in [0.25, 0.3) is 0 Å². The van der Waals surface area contributed by atoms with Gasteiger partial charge in [-0.3, -0.25) is 19.2 Å². The summed E-state index contributed by atoms with van der Waals surface area (Å²) in [6.45, 7) is 4.93. The zero-order valence-corrected chi connectivity index (χ0v) is 25.1. The molecule has 232 valence electrons. The van der Waals surface area contributed by atoms with Crippen LogP contribution in [0.2, 0.25) is 0 Å². The van der Waals surface area contributed by atoms with E-state index in [1.807, 2.05) is 0 Å². The van der Waals surface area contributed by atoms with E-state index in [2.05, 4.69) is 22.9 Å². The minimum absolute atomic E-state index is 0.0708. The lowest BCUT2D eigenvalue weighted by atomic mass is 10.0. The van der Waals surface area contributed by atoms with Gasteiger partial charge in [0.1, 0.15) is 23.9 Å². The molecule has 0 bridgehead atoms. The van der Waals surface area contributed by atoms with Gasteiger partial charge >= 0.3 is 0 Å². The summed E-state index contributed by atoms with van der Waals surface area (Å²) in [5.74, 6) is -2.63. The van der Waals surface area contributed by atoms with Crippen LogP contribution in [0.5, 0.6) is 5.75 Å². The second kappa shape index (κ2) is 20.7. The third kappa shape index (κ3) is 15.4. The Morgan fingerprint density at radius 1 is 0.756 bits per heavy atom. The molecule has 10 nitrogen and oxygen atoms in total. The van der Waals surface area contributed by atoms with Crippen molar-refractivity contribution in [2.45, 2.75) is 122 Å². The van der Waals surface area contributed by atoms with Crippen molar-refractivity contribution >= 4 is 23.6 Å². The Bertz CT molecular complexity index is 922. The zero-order chi connectivity index (χ0) is 30.6. The van der Waals surface area contributed by atoms with Gasteiger partial charge in [-0.1, -0.05) is 97.1 Å². The fourth-order valence-corrected chi connectivity index (χ4v) is 4.58. The van der Waals surface area contributed by atoms with Crippen LogP contribution in [0.15, 0.2) is 24.3 Å². The molecule has 7 N–H and O–H groups in total. The van der Waals surface area contributed by atoms with Crippen molar-refractivity contribution < 1.29 is 29.4 Å². The Kier molecular flexibility index (Phi) is 18.1. The summed E-state index contributed by atoms with van der Waals surface area (Å²) in [5.41, 5.74) is 6.05. The van der Waals surface area contributed by atoms with Gasteiger partial charge < -0.3 is 31.9 Å². The number of phenols is 1. The molecule has 0 heterocycles. The highest BCUT2D eigenvalue weighted by molar-refractivity contribution is 5.94. The molecule has 10 heteroatoms. The summed E-state index contributed by atoms with van der Waals surface area (Å²) in [6.07, 6.45) is 13.2. The highest BCUT2D eigenvalue weighted by Gasteiger charge is 2.29. The van der Waals surface area contributed by atoms with E-state index >= 15 is 0 Å². The first-order valence-corrected chi connectivity index (χ1v) is 15.2. The van der Waals surface area contributed by atoms with E-state index in [9.17, 15) is 29.4 Å². The number of hydrogen-bond donors (Lipinski definition) is 6. The summed E-state index contributed by atoms with van der Waals surface area (Å²) in [5, 5.41) is 27.1. The van der Waals surface area contributed by atoms with E-state index in [-0.39, 0.29) is 30.4 Å². The predicted molar refractivity (Wildman–Crippen MR) is 160 cm³/mol. The summed E-state index contributed by atoms with van der Waals surface area (Å²) < 4.78 is 0. The van der Waals surface area contributed by atoms with Gasteiger partial charge in [0, 0.05) is 12.8 Å². The number of benzene rings is 1. The van der Waals surface area contributed by atoms with Gasteiger partial charge in [0.15, 0.2) is 0 Å². The molecule has 0 spiro atoms. The number of amides is 4. The van der Waals surface area contributed by atoms with Crippen molar-refractivity contribution in [1.29, 1.82) is 0 Å². The molecule has 3 atom stereocenters. The standard InChI is InChI=1S/C31H52N4O6/c1-4-5-6-7-8-9-10-11-12-13-14-15-27(38)33-25(20-23-16-18-24(37)19-17-23)30(40)34-26(21-36)31(41)35-28(22(2)3)29(32)39/h16-19,22,25-26,28,36-37H,4-15,20-21H2,1-3H3,(H2,32,39)(H,33,38)(H,34,40)(H,35,41)/t25-,26-,28-/m0/s1. The summed E-state index contributed by atoms with van der Waals surface area (Å²) in [7, 11) is 0. The van der Waals surface area contributed by atoms with Gasteiger partial charge in [-0.05, 0) is 30.0 Å². The quantitative estimate of drug-likeness (QED) is 0.116. The number of phenolic OH excluding ortho intramolecular Hbond substituents is 1. The molecule has 0 saturated heterocycles. The fraction of sp³-hybridized carbons (Fsp3) is 0.677. The lowest BCUT2D eigenvalue weighted by molar-refractivity contribution is -0.134. The van der Waals surface area contributed by atoms with Crippen molar-refractivity contribution in [2.75, 3.05) is 6.61 Å².